The summed E-state index contributed by atoms with van der Waals surface area (Å²) >= 11 is 11.7. The Kier molecular flexibility index (Phi) is 2.24. The minimum Gasteiger partial charge on any atom is -0.301 e. The number of allylic oxidation sites excluding steroid dienone is 1. The van der Waals surface area contributed by atoms with Crippen molar-refractivity contribution in [3.63, 3.8) is 0 Å². The molecule has 0 saturated carbocycles. The van der Waals surface area contributed by atoms with Gasteiger partial charge in [0, 0.05) is 7.05 Å². The number of aldehydes is 1. The average Bonchev–Trinajstić information content (AvgIpc) is 2.42. The van der Waals surface area contributed by atoms with Crippen molar-refractivity contribution in [2.45, 2.75) is 4.87 Å². The number of amides is 1. The highest BCUT2D eigenvalue weighted by molar-refractivity contribution is 6.40. The number of carbonyl (C=O) groups is 2. The number of halogens is 2. The third-order valence-electron chi connectivity index (χ3n) is 2.32. The SMILES string of the molecule is CN1NC2=NC(Cl)=CC(Cl)(C=O)C2C1=O. The van der Waals surface area contributed by atoms with Crippen LogP contribution < -0.4 is 5.43 Å². The Morgan fingerprint density at radius 1 is 1.73 bits per heavy atom. The molecule has 0 radical (unpaired) electrons. The van der Waals surface area contributed by atoms with E-state index in [1.165, 1.54) is 18.1 Å². The normalized spacial score (nSPS) is 34.2. The van der Waals surface area contributed by atoms with E-state index in [0.717, 1.165) is 0 Å². The molecule has 1 fully saturated rings. The van der Waals surface area contributed by atoms with Crippen molar-refractivity contribution in [1.29, 1.82) is 0 Å². The molecule has 0 aliphatic carbocycles. The van der Waals surface area contributed by atoms with Gasteiger partial charge in [0.1, 0.15) is 28.1 Å². The van der Waals surface area contributed by atoms with Crippen LogP contribution in [-0.2, 0) is 9.59 Å². The van der Waals surface area contributed by atoms with Crippen LogP contribution in [0.5, 0.6) is 0 Å². The molecule has 0 aromatic heterocycles. The van der Waals surface area contributed by atoms with E-state index in [1.54, 1.807) is 0 Å². The van der Waals surface area contributed by atoms with Gasteiger partial charge in [-0.2, -0.15) is 0 Å². The first kappa shape index (κ1) is 10.4. The van der Waals surface area contributed by atoms with Crippen LogP contribution in [-0.4, -0.2) is 35.0 Å². The molecule has 1 saturated heterocycles. The number of aliphatic imine (C=N–C) groups is 1. The average molecular weight is 248 g/mol. The van der Waals surface area contributed by atoms with Gasteiger partial charge in [0.15, 0.2) is 0 Å². The van der Waals surface area contributed by atoms with Crippen LogP contribution in [0, 0.1) is 5.92 Å². The Morgan fingerprint density at radius 2 is 2.40 bits per heavy atom. The van der Waals surface area contributed by atoms with Crippen molar-refractivity contribution in [2.24, 2.45) is 10.9 Å². The number of hydrazine groups is 1. The van der Waals surface area contributed by atoms with Gasteiger partial charge in [-0.1, -0.05) is 11.6 Å². The highest BCUT2D eigenvalue weighted by atomic mass is 35.5. The van der Waals surface area contributed by atoms with E-state index in [0.29, 0.717) is 12.1 Å². The quantitative estimate of drug-likeness (QED) is 0.411. The molecular weight excluding hydrogens is 241 g/mol. The summed E-state index contributed by atoms with van der Waals surface area (Å²) < 4.78 is 0. The van der Waals surface area contributed by atoms with Gasteiger partial charge >= 0.3 is 0 Å². The smallest absolute Gasteiger partial charge is 0.254 e. The fourth-order valence-corrected chi connectivity index (χ4v) is 2.23. The maximum atomic E-state index is 11.7. The van der Waals surface area contributed by atoms with E-state index < -0.39 is 10.8 Å². The number of rotatable bonds is 1. The molecule has 2 aliphatic rings. The first-order valence-corrected chi connectivity index (χ1v) is 4.90. The minimum absolute atomic E-state index is 0.0963. The molecule has 0 spiro atoms. The van der Waals surface area contributed by atoms with E-state index in [-0.39, 0.29) is 11.1 Å². The zero-order valence-corrected chi connectivity index (χ0v) is 9.21. The molecule has 7 heteroatoms. The predicted molar refractivity (Wildman–Crippen MR) is 55.4 cm³/mol. The fourth-order valence-electron chi connectivity index (χ4n) is 1.61. The van der Waals surface area contributed by atoms with Crippen LogP contribution in [0.4, 0.5) is 0 Å². The highest BCUT2D eigenvalue weighted by Gasteiger charge is 2.51. The van der Waals surface area contributed by atoms with E-state index in [9.17, 15) is 9.59 Å². The lowest BCUT2D eigenvalue weighted by Crippen LogP contribution is -2.42. The molecule has 5 nitrogen and oxygen atoms in total. The summed E-state index contributed by atoms with van der Waals surface area (Å²) in [5.41, 5.74) is 2.69. The first-order valence-electron chi connectivity index (χ1n) is 4.14. The van der Waals surface area contributed by atoms with Crippen LogP contribution in [0.3, 0.4) is 0 Å². The zero-order valence-electron chi connectivity index (χ0n) is 7.70. The molecule has 80 valence electrons. The molecule has 2 aliphatic heterocycles. The number of fused-ring (bicyclic) bond motifs is 1. The highest BCUT2D eigenvalue weighted by Crippen LogP contribution is 2.35. The number of nitrogens with one attached hydrogen (secondary N) is 1. The van der Waals surface area contributed by atoms with Crippen molar-refractivity contribution in [3.8, 4) is 0 Å². The third kappa shape index (κ3) is 1.42. The molecule has 2 rings (SSSR count). The summed E-state index contributed by atoms with van der Waals surface area (Å²) in [6, 6.07) is 0. The molecule has 0 aromatic carbocycles. The zero-order chi connectivity index (χ0) is 11.2. The number of hydrogen-bond donors (Lipinski definition) is 1. The van der Waals surface area contributed by atoms with Gasteiger partial charge in [-0.3, -0.25) is 15.2 Å². The van der Waals surface area contributed by atoms with Gasteiger partial charge in [0.2, 0.25) is 0 Å². The second-order valence-corrected chi connectivity index (χ2v) is 4.39. The lowest BCUT2D eigenvalue weighted by Gasteiger charge is -2.24. The topological polar surface area (TPSA) is 61.8 Å². The lowest BCUT2D eigenvalue weighted by molar-refractivity contribution is -0.132. The summed E-state index contributed by atoms with van der Waals surface area (Å²) in [6.07, 6.45) is 1.77. The standard InChI is InChI=1S/C8H7Cl2N3O2/c1-13-7(15)5-6(12-13)11-4(9)2-8(5,10)3-14/h2-3,5H,1H3,(H,11,12). The van der Waals surface area contributed by atoms with Gasteiger partial charge in [0.25, 0.3) is 5.91 Å². The number of hydrogen-bond acceptors (Lipinski definition) is 4. The molecular formula is C8H7Cl2N3O2. The van der Waals surface area contributed by atoms with E-state index in [1.807, 2.05) is 0 Å². The van der Waals surface area contributed by atoms with Crippen LogP contribution >= 0.6 is 23.2 Å². The maximum Gasteiger partial charge on any atom is 0.254 e. The van der Waals surface area contributed by atoms with Gasteiger partial charge in [-0.05, 0) is 6.08 Å². The van der Waals surface area contributed by atoms with Crippen LogP contribution in [0.2, 0.25) is 0 Å². The van der Waals surface area contributed by atoms with Crippen LogP contribution in [0.25, 0.3) is 0 Å². The minimum atomic E-state index is -1.44. The molecule has 0 bridgehead atoms. The number of alkyl halides is 1. The monoisotopic (exact) mass is 247 g/mol. The summed E-state index contributed by atoms with van der Waals surface area (Å²) in [5, 5.41) is 1.33. The van der Waals surface area contributed by atoms with E-state index >= 15 is 0 Å². The molecule has 2 unspecified atom stereocenters. The Hall–Kier alpha value is -1.07. The molecule has 0 aromatic rings. The molecule has 1 amide bonds. The van der Waals surface area contributed by atoms with E-state index in [4.69, 9.17) is 23.2 Å². The van der Waals surface area contributed by atoms with Crippen LogP contribution in [0.1, 0.15) is 0 Å². The fraction of sp³-hybridized carbons (Fsp3) is 0.375. The number of nitrogens with zero attached hydrogens (tertiary/aromatic N) is 2. The Morgan fingerprint density at radius 3 is 3.00 bits per heavy atom. The Balaban J connectivity index is 2.51. The predicted octanol–water partition coefficient (Wildman–Crippen LogP) is 0.248. The van der Waals surface area contributed by atoms with Crippen LogP contribution in [0.15, 0.2) is 16.2 Å². The van der Waals surface area contributed by atoms with E-state index in [2.05, 4.69) is 10.4 Å². The third-order valence-corrected chi connectivity index (χ3v) is 2.93. The molecule has 15 heavy (non-hydrogen) atoms. The lowest BCUT2D eigenvalue weighted by atomic mass is 9.90. The van der Waals surface area contributed by atoms with Crippen molar-refractivity contribution in [2.75, 3.05) is 7.05 Å². The number of amidine groups is 1. The van der Waals surface area contributed by atoms with Gasteiger partial charge in [0.05, 0.1) is 0 Å². The van der Waals surface area contributed by atoms with Gasteiger partial charge in [-0.15, -0.1) is 11.6 Å². The second kappa shape index (κ2) is 3.21. The second-order valence-electron chi connectivity index (χ2n) is 3.35. The van der Waals surface area contributed by atoms with Crippen molar-refractivity contribution in [3.05, 3.63) is 11.2 Å². The largest absolute Gasteiger partial charge is 0.301 e. The van der Waals surface area contributed by atoms with Gasteiger partial charge in [-0.25, -0.2) is 4.99 Å². The maximum absolute atomic E-state index is 11.7. The first-order chi connectivity index (χ1) is 6.98. The number of carbonyl (C=O) groups excluding carboxylic acids is 2. The van der Waals surface area contributed by atoms with Crippen molar-refractivity contribution in [1.82, 2.24) is 10.4 Å². The van der Waals surface area contributed by atoms with Gasteiger partial charge < -0.3 is 4.79 Å². The molecule has 2 atom stereocenters. The summed E-state index contributed by atoms with van der Waals surface area (Å²) in [5.74, 6) is -0.822. The molecule has 1 N–H and O–H groups in total. The summed E-state index contributed by atoms with van der Waals surface area (Å²) in [6.45, 7) is 0. The molecule has 2 heterocycles. The Bertz CT molecular complexity index is 407. The summed E-state index contributed by atoms with van der Waals surface area (Å²) in [7, 11) is 1.53. The Labute approximate surface area is 95.7 Å². The van der Waals surface area contributed by atoms with Crippen molar-refractivity contribution < 1.29 is 9.59 Å². The van der Waals surface area contributed by atoms with Crippen molar-refractivity contribution >= 4 is 41.2 Å². The summed E-state index contributed by atoms with van der Waals surface area (Å²) in [4.78, 5) is 25.1.